The smallest absolute Gasteiger partial charge is 0.237 e. The first kappa shape index (κ1) is 17.5. The number of amides is 1. The van der Waals surface area contributed by atoms with Crippen molar-refractivity contribution in [3.8, 4) is 5.75 Å². The van der Waals surface area contributed by atoms with Gasteiger partial charge in [-0.2, -0.15) is 0 Å². The van der Waals surface area contributed by atoms with Crippen molar-refractivity contribution in [1.82, 2.24) is 5.32 Å². The number of hydrogen-bond donors (Lipinski definition) is 2. The Bertz CT molecular complexity index is 444. The maximum Gasteiger partial charge on any atom is 0.237 e. The summed E-state index contributed by atoms with van der Waals surface area (Å²) in [5.74, 6) is 1.59. The molecule has 1 aromatic carbocycles. The second-order valence-corrected chi connectivity index (χ2v) is 6.27. The molecule has 0 aliphatic rings. The van der Waals surface area contributed by atoms with Gasteiger partial charge in [0.15, 0.2) is 0 Å². The summed E-state index contributed by atoms with van der Waals surface area (Å²) in [6, 6.07) is 7.32. The van der Waals surface area contributed by atoms with Crippen molar-refractivity contribution in [1.29, 1.82) is 0 Å². The van der Waals surface area contributed by atoms with E-state index in [9.17, 15) is 4.79 Å². The molecule has 0 fully saturated rings. The molecule has 1 rings (SSSR count). The standard InChI is InChI=1S/C17H28N2O2/c1-12(2)9-15(18)17(20)19-10-14-7-5-6-8-16(14)21-11-13(3)4/h5-8,12-13,15H,9-11,18H2,1-4H3,(H,19,20)/t15-/m0/s1. The summed E-state index contributed by atoms with van der Waals surface area (Å²) in [7, 11) is 0. The van der Waals surface area contributed by atoms with Crippen LogP contribution in [-0.4, -0.2) is 18.6 Å². The molecule has 1 amide bonds. The molecule has 0 unspecified atom stereocenters. The fourth-order valence-corrected chi connectivity index (χ4v) is 1.98. The topological polar surface area (TPSA) is 64.3 Å². The Morgan fingerprint density at radius 3 is 2.48 bits per heavy atom. The van der Waals surface area contributed by atoms with E-state index in [-0.39, 0.29) is 5.91 Å². The fourth-order valence-electron chi connectivity index (χ4n) is 1.98. The summed E-state index contributed by atoms with van der Waals surface area (Å²) in [6.45, 7) is 9.44. The molecule has 0 saturated heterocycles. The van der Waals surface area contributed by atoms with Crippen molar-refractivity contribution < 1.29 is 9.53 Å². The van der Waals surface area contributed by atoms with Gasteiger partial charge in [-0.15, -0.1) is 0 Å². The van der Waals surface area contributed by atoms with Gasteiger partial charge >= 0.3 is 0 Å². The van der Waals surface area contributed by atoms with Crippen molar-refractivity contribution in [2.24, 2.45) is 17.6 Å². The Morgan fingerprint density at radius 2 is 1.86 bits per heavy atom. The lowest BCUT2D eigenvalue weighted by Crippen LogP contribution is -2.41. The second-order valence-electron chi connectivity index (χ2n) is 6.27. The van der Waals surface area contributed by atoms with Gasteiger partial charge in [0.05, 0.1) is 12.6 Å². The average molecular weight is 292 g/mol. The molecule has 4 heteroatoms. The number of nitrogens with two attached hydrogens (primary N) is 1. The number of hydrogen-bond acceptors (Lipinski definition) is 3. The van der Waals surface area contributed by atoms with Crippen LogP contribution in [-0.2, 0) is 11.3 Å². The third-order valence-corrected chi connectivity index (χ3v) is 3.06. The quantitative estimate of drug-likeness (QED) is 0.774. The SMILES string of the molecule is CC(C)COc1ccccc1CNC(=O)[C@@H](N)CC(C)C. The molecule has 21 heavy (non-hydrogen) atoms. The number of nitrogens with one attached hydrogen (secondary N) is 1. The molecule has 0 aliphatic heterocycles. The molecule has 0 saturated carbocycles. The molecule has 1 aromatic rings. The van der Waals surface area contributed by atoms with Crippen molar-refractivity contribution in [3.05, 3.63) is 29.8 Å². The highest BCUT2D eigenvalue weighted by Gasteiger charge is 2.15. The second kappa shape index (κ2) is 8.67. The Morgan fingerprint density at radius 1 is 1.19 bits per heavy atom. The summed E-state index contributed by atoms with van der Waals surface area (Å²) in [5, 5.41) is 2.89. The molecule has 0 spiro atoms. The molecule has 0 bridgehead atoms. The van der Waals surface area contributed by atoms with E-state index in [4.69, 9.17) is 10.5 Å². The summed E-state index contributed by atoms with van der Waals surface area (Å²) >= 11 is 0. The van der Waals surface area contributed by atoms with Gasteiger partial charge < -0.3 is 15.8 Å². The minimum Gasteiger partial charge on any atom is -0.493 e. The first-order valence-corrected chi connectivity index (χ1v) is 7.64. The van der Waals surface area contributed by atoms with Crippen molar-refractivity contribution in [2.45, 2.75) is 46.7 Å². The highest BCUT2D eigenvalue weighted by atomic mass is 16.5. The lowest BCUT2D eigenvalue weighted by atomic mass is 10.0. The van der Waals surface area contributed by atoms with Crippen molar-refractivity contribution in [2.75, 3.05) is 6.61 Å². The van der Waals surface area contributed by atoms with E-state index in [0.717, 1.165) is 11.3 Å². The monoisotopic (exact) mass is 292 g/mol. The molecule has 0 heterocycles. The van der Waals surface area contributed by atoms with Crippen LogP contribution in [0.25, 0.3) is 0 Å². The lowest BCUT2D eigenvalue weighted by Gasteiger charge is -2.16. The van der Waals surface area contributed by atoms with E-state index in [1.54, 1.807) is 0 Å². The number of rotatable bonds is 8. The van der Waals surface area contributed by atoms with Crippen LogP contribution in [0.1, 0.15) is 39.7 Å². The Balaban J connectivity index is 2.56. The van der Waals surface area contributed by atoms with E-state index >= 15 is 0 Å². The largest absolute Gasteiger partial charge is 0.493 e. The van der Waals surface area contributed by atoms with E-state index in [2.05, 4.69) is 33.0 Å². The van der Waals surface area contributed by atoms with Crippen LogP contribution in [0, 0.1) is 11.8 Å². The van der Waals surface area contributed by atoms with Crippen molar-refractivity contribution in [3.63, 3.8) is 0 Å². The van der Waals surface area contributed by atoms with Gasteiger partial charge in [-0.3, -0.25) is 4.79 Å². The molecule has 0 radical (unpaired) electrons. The van der Waals surface area contributed by atoms with Gasteiger partial charge in [0.2, 0.25) is 5.91 Å². The molecule has 3 N–H and O–H groups in total. The molecule has 1 atom stereocenters. The fraction of sp³-hybridized carbons (Fsp3) is 0.588. The van der Waals surface area contributed by atoms with Gasteiger partial charge in [0.25, 0.3) is 0 Å². The van der Waals surface area contributed by atoms with Crippen LogP contribution in [0.5, 0.6) is 5.75 Å². The predicted molar refractivity (Wildman–Crippen MR) is 86.1 cm³/mol. The van der Waals surface area contributed by atoms with Crippen molar-refractivity contribution >= 4 is 5.91 Å². The predicted octanol–water partition coefficient (Wildman–Crippen LogP) is 2.71. The minimum atomic E-state index is -0.450. The van der Waals surface area contributed by atoms with Gasteiger partial charge in [0, 0.05) is 12.1 Å². The molecule has 0 aliphatic carbocycles. The van der Waals surface area contributed by atoms with E-state index < -0.39 is 6.04 Å². The molecular weight excluding hydrogens is 264 g/mol. The van der Waals surface area contributed by atoms with Gasteiger partial charge in [-0.05, 0) is 24.3 Å². The maximum atomic E-state index is 12.0. The lowest BCUT2D eigenvalue weighted by molar-refractivity contribution is -0.122. The van der Waals surface area contributed by atoms with E-state index in [1.165, 1.54) is 0 Å². The van der Waals surface area contributed by atoms with Gasteiger partial charge in [0.1, 0.15) is 5.75 Å². The first-order valence-electron chi connectivity index (χ1n) is 7.64. The molecule has 118 valence electrons. The van der Waals surface area contributed by atoms with Gasteiger partial charge in [-0.25, -0.2) is 0 Å². The zero-order valence-electron chi connectivity index (χ0n) is 13.6. The zero-order chi connectivity index (χ0) is 15.8. The number of carbonyl (C=O) groups is 1. The number of benzene rings is 1. The van der Waals surface area contributed by atoms with Crippen LogP contribution in [0.4, 0.5) is 0 Å². The highest BCUT2D eigenvalue weighted by Crippen LogP contribution is 2.18. The van der Waals surface area contributed by atoms with Gasteiger partial charge in [-0.1, -0.05) is 45.9 Å². The molecule has 0 aromatic heterocycles. The normalized spacial score (nSPS) is 12.5. The minimum absolute atomic E-state index is 0.109. The third-order valence-electron chi connectivity index (χ3n) is 3.06. The average Bonchev–Trinajstić information content (AvgIpc) is 2.42. The highest BCUT2D eigenvalue weighted by molar-refractivity contribution is 5.81. The summed E-state index contributed by atoms with van der Waals surface area (Å²) < 4.78 is 5.77. The van der Waals surface area contributed by atoms with Crippen LogP contribution < -0.4 is 15.8 Å². The van der Waals surface area contributed by atoms with Crippen LogP contribution in [0.15, 0.2) is 24.3 Å². The summed E-state index contributed by atoms with van der Waals surface area (Å²) in [4.78, 5) is 12.0. The first-order chi connectivity index (χ1) is 9.90. The molecule has 4 nitrogen and oxygen atoms in total. The zero-order valence-corrected chi connectivity index (χ0v) is 13.6. The number of carbonyl (C=O) groups excluding carboxylic acids is 1. The summed E-state index contributed by atoms with van der Waals surface area (Å²) in [6.07, 6.45) is 0.692. The number of para-hydroxylation sites is 1. The maximum absolute atomic E-state index is 12.0. The summed E-state index contributed by atoms with van der Waals surface area (Å²) in [5.41, 5.74) is 6.85. The van der Waals surface area contributed by atoms with Crippen LogP contribution >= 0.6 is 0 Å². The third kappa shape index (κ3) is 6.63. The van der Waals surface area contributed by atoms with Crippen LogP contribution in [0.2, 0.25) is 0 Å². The molecular formula is C17H28N2O2. The number of ether oxygens (including phenoxy) is 1. The van der Waals surface area contributed by atoms with E-state index in [0.29, 0.717) is 31.4 Å². The Hall–Kier alpha value is -1.55. The Kier molecular flexibility index (Phi) is 7.23. The van der Waals surface area contributed by atoms with E-state index in [1.807, 2.05) is 24.3 Å². The van der Waals surface area contributed by atoms with Crippen LogP contribution in [0.3, 0.4) is 0 Å². The Labute approximate surface area is 128 Å².